The molecule has 1 N–H and O–H groups in total. The van der Waals surface area contributed by atoms with Crippen LogP contribution in [0.15, 0.2) is 33.9 Å². The Morgan fingerprint density at radius 2 is 2.04 bits per heavy atom. The quantitative estimate of drug-likeness (QED) is 0.709. The van der Waals surface area contributed by atoms with Crippen molar-refractivity contribution < 1.29 is 9.32 Å². The molecule has 0 atom stereocenters. The summed E-state index contributed by atoms with van der Waals surface area (Å²) in [4.78, 5) is 15.9. The van der Waals surface area contributed by atoms with Gasteiger partial charge in [-0.05, 0) is 32.4 Å². The average Bonchev–Trinajstić information content (AvgIpc) is 3.12. The highest BCUT2D eigenvalue weighted by Crippen LogP contribution is 2.23. The van der Waals surface area contributed by atoms with Crippen LogP contribution in [0.5, 0.6) is 0 Å². The van der Waals surface area contributed by atoms with Gasteiger partial charge in [-0.2, -0.15) is 4.98 Å². The van der Waals surface area contributed by atoms with E-state index in [0.29, 0.717) is 11.0 Å². The number of hydrogen-bond acceptors (Lipinski definition) is 7. The van der Waals surface area contributed by atoms with E-state index in [0.717, 1.165) is 17.1 Å². The molecule has 0 fully saturated rings. The van der Waals surface area contributed by atoms with E-state index in [1.807, 2.05) is 42.7 Å². The summed E-state index contributed by atoms with van der Waals surface area (Å²) in [5.74, 6) is 1.14. The Labute approximate surface area is 142 Å². The fourth-order valence-corrected chi connectivity index (χ4v) is 2.95. The van der Waals surface area contributed by atoms with Crippen LogP contribution < -0.4 is 5.32 Å². The molecule has 0 bridgehead atoms. The Bertz CT molecular complexity index is 872. The number of para-hydroxylation sites is 1. The fourth-order valence-electron chi connectivity index (χ4n) is 2.16. The van der Waals surface area contributed by atoms with Gasteiger partial charge in [0.25, 0.3) is 0 Å². The first-order valence-corrected chi connectivity index (χ1v) is 8.24. The molecule has 2 heterocycles. The third-order valence-corrected chi connectivity index (χ3v) is 4.19. The number of carbonyl (C=O) groups excluding carboxylic acids is 1. The first-order valence-electron chi connectivity index (χ1n) is 7.25. The second kappa shape index (κ2) is 6.83. The van der Waals surface area contributed by atoms with Gasteiger partial charge in [0.05, 0.1) is 11.4 Å². The highest BCUT2D eigenvalue weighted by molar-refractivity contribution is 7.99. The highest BCUT2D eigenvalue weighted by atomic mass is 32.2. The van der Waals surface area contributed by atoms with Crippen LogP contribution in [0.25, 0.3) is 5.69 Å². The van der Waals surface area contributed by atoms with Crippen molar-refractivity contribution in [3.8, 4) is 5.69 Å². The van der Waals surface area contributed by atoms with Crippen molar-refractivity contribution in [2.24, 2.45) is 0 Å². The number of hydrogen-bond donors (Lipinski definition) is 1. The Kier molecular flexibility index (Phi) is 4.61. The number of nitrogens with zero attached hydrogens (tertiary/aromatic N) is 5. The molecular formula is C15H16N6O2S. The maximum atomic E-state index is 12.0. The van der Waals surface area contributed by atoms with Crippen molar-refractivity contribution >= 4 is 23.7 Å². The van der Waals surface area contributed by atoms with E-state index in [9.17, 15) is 4.79 Å². The summed E-state index contributed by atoms with van der Waals surface area (Å²) in [7, 11) is 0. The average molecular weight is 344 g/mol. The standard InChI is InChI=1S/C15H16N6O2S/c1-9-6-4-5-7-12(9)21-11(3)18-19-15(21)24-8-13(22)17-14-16-10(2)20-23-14/h4-7H,8H2,1-3H3,(H,16,17,20,22). The minimum absolute atomic E-state index is 0.0923. The van der Waals surface area contributed by atoms with E-state index in [-0.39, 0.29) is 17.7 Å². The summed E-state index contributed by atoms with van der Waals surface area (Å²) >= 11 is 1.29. The van der Waals surface area contributed by atoms with Crippen molar-refractivity contribution in [1.82, 2.24) is 24.9 Å². The highest BCUT2D eigenvalue weighted by Gasteiger charge is 2.15. The Balaban J connectivity index is 1.72. The van der Waals surface area contributed by atoms with Crippen molar-refractivity contribution in [1.29, 1.82) is 0 Å². The number of amides is 1. The van der Waals surface area contributed by atoms with Crippen LogP contribution in [0.4, 0.5) is 6.01 Å². The largest absolute Gasteiger partial charge is 0.328 e. The Hall–Kier alpha value is -2.68. The van der Waals surface area contributed by atoms with Gasteiger partial charge in [-0.3, -0.25) is 14.7 Å². The summed E-state index contributed by atoms with van der Waals surface area (Å²) < 4.78 is 6.80. The van der Waals surface area contributed by atoms with E-state index in [1.165, 1.54) is 11.8 Å². The van der Waals surface area contributed by atoms with Crippen molar-refractivity contribution in [2.75, 3.05) is 11.1 Å². The number of thioether (sulfide) groups is 1. The number of aryl methyl sites for hydroxylation is 3. The number of benzene rings is 1. The zero-order valence-corrected chi connectivity index (χ0v) is 14.3. The molecule has 0 aliphatic carbocycles. The van der Waals surface area contributed by atoms with E-state index < -0.39 is 0 Å². The van der Waals surface area contributed by atoms with Gasteiger partial charge in [-0.1, -0.05) is 35.1 Å². The molecule has 1 amide bonds. The molecule has 24 heavy (non-hydrogen) atoms. The normalized spacial score (nSPS) is 10.8. The van der Waals surface area contributed by atoms with E-state index in [1.54, 1.807) is 6.92 Å². The van der Waals surface area contributed by atoms with Gasteiger partial charge in [0.1, 0.15) is 5.82 Å². The molecule has 0 saturated carbocycles. The number of anilines is 1. The predicted molar refractivity (Wildman–Crippen MR) is 89.2 cm³/mol. The maximum absolute atomic E-state index is 12.0. The Morgan fingerprint density at radius 3 is 2.75 bits per heavy atom. The number of aromatic nitrogens is 5. The summed E-state index contributed by atoms with van der Waals surface area (Å²) in [6.07, 6.45) is 0. The van der Waals surface area contributed by atoms with Crippen molar-refractivity contribution in [2.45, 2.75) is 25.9 Å². The first kappa shape index (κ1) is 16.2. The third-order valence-electron chi connectivity index (χ3n) is 3.26. The second-order valence-electron chi connectivity index (χ2n) is 5.14. The molecule has 9 heteroatoms. The monoisotopic (exact) mass is 344 g/mol. The first-order chi connectivity index (χ1) is 11.5. The van der Waals surface area contributed by atoms with E-state index in [2.05, 4.69) is 25.7 Å². The molecule has 2 aromatic heterocycles. The smallest absolute Gasteiger partial charge is 0.315 e. The van der Waals surface area contributed by atoms with Crippen LogP contribution >= 0.6 is 11.8 Å². The summed E-state index contributed by atoms with van der Waals surface area (Å²) in [5, 5.41) is 15.1. The lowest BCUT2D eigenvalue weighted by Crippen LogP contribution is -2.15. The molecule has 124 valence electrons. The number of rotatable bonds is 5. The second-order valence-corrected chi connectivity index (χ2v) is 6.08. The van der Waals surface area contributed by atoms with E-state index in [4.69, 9.17) is 4.52 Å². The lowest BCUT2D eigenvalue weighted by molar-refractivity contribution is -0.114. The molecular weight excluding hydrogens is 328 g/mol. The van der Waals surface area contributed by atoms with Gasteiger partial charge in [-0.15, -0.1) is 10.2 Å². The molecule has 0 spiro atoms. The summed E-state index contributed by atoms with van der Waals surface area (Å²) in [6.45, 7) is 5.58. The zero-order valence-electron chi connectivity index (χ0n) is 13.5. The SMILES string of the molecule is Cc1noc(NC(=O)CSc2nnc(C)n2-c2ccccc2C)n1. The minimum atomic E-state index is -0.249. The van der Waals surface area contributed by atoms with Gasteiger partial charge in [0, 0.05) is 0 Å². The van der Waals surface area contributed by atoms with Gasteiger partial charge < -0.3 is 4.52 Å². The van der Waals surface area contributed by atoms with Crippen LogP contribution in [0.1, 0.15) is 17.2 Å². The van der Waals surface area contributed by atoms with Crippen molar-refractivity contribution in [3.05, 3.63) is 41.5 Å². The maximum Gasteiger partial charge on any atom is 0.328 e. The molecule has 0 radical (unpaired) electrons. The Morgan fingerprint density at radius 1 is 1.25 bits per heavy atom. The molecule has 0 aliphatic heterocycles. The third kappa shape index (κ3) is 3.46. The molecule has 1 aromatic carbocycles. The summed E-state index contributed by atoms with van der Waals surface area (Å²) in [5.41, 5.74) is 2.10. The minimum Gasteiger partial charge on any atom is -0.315 e. The fraction of sp³-hybridized carbons (Fsp3) is 0.267. The van der Waals surface area contributed by atoms with Gasteiger partial charge >= 0.3 is 6.01 Å². The van der Waals surface area contributed by atoms with Crippen molar-refractivity contribution in [3.63, 3.8) is 0 Å². The number of carbonyl (C=O) groups is 1. The lowest BCUT2D eigenvalue weighted by atomic mass is 10.2. The van der Waals surface area contributed by atoms with Crippen LogP contribution in [0, 0.1) is 20.8 Å². The van der Waals surface area contributed by atoms with Gasteiger partial charge in [0.2, 0.25) is 5.91 Å². The molecule has 0 saturated heterocycles. The zero-order chi connectivity index (χ0) is 17.1. The lowest BCUT2D eigenvalue weighted by Gasteiger charge is -2.10. The number of nitrogens with one attached hydrogen (secondary N) is 1. The predicted octanol–water partition coefficient (Wildman–Crippen LogP) is 2.31. The van der Waals surface area contributed by atoms with Crippen LogP contribution in [0.2, 0.25) is 0 Å². The molecule has 0 unspecified atom stereocenters. The van der Waals surface area contributed by atoms with Crippen LogP contribution in [0.3, 0.4) is 0 Å². The molecule has 0 aliphatic rings. The molecule has 3 aromatic rings. The molecule has 8 nitrogen and oxygen atoms in total. The van der Waals surface area contributed by atoms with Gasteiger partial charge in [0.15, 0.2) is 11.0 Å². The van der Waals surface area contributed by atoms with Gasteiger partial charge in [-0.25, -0.2) is 0 Å². The summed E-state index contributed by atoms with van der Waals surface area (Å²) in [6, 6.07) is 8.05. The van der Waals surface area contributed by atoms with E-state index >= 15 is 0 Å². The van der Waals surface area contributed by atoms with Crippen LogP contribution in [-0.2, 0) is 4.79 Å². The van der Waals surface area contributed by atoms with Crippen LogP contribution in [-0.4, -0.2) is 36.6 Å². The molecule has 3 rings (SSSR count). The topological polar surface area (TPSA) is 98.7 Å².